The molecule has 2 nitrogen and oxygen atoms in total. The summed E-state index contributed by atoms with van der Waals surface area (Å²) in [6.07, 6.45) is 4.24. The maximum atomic E-state index is 4.53. The highest BCUT2D eigenvalue weighted by molar-refractivity contribution is 8.14. The summed E-state index contributed by atoms with van der Waals surface area (Å²) in [5.41, 5.74) is 2.45. The van der Waals surface area contributed by atoms with E-state index in [0.29, 0.717) is 6.04 Å². The Kier molecular flexibility index (Phi) is 3.89. The normalized spacial score (nSPS) is 19.7. The zero-order chi connectivity index (χ0) is 12.3. The number of hydrogen-bond acceptors (Lipinski definition) is 3. The van der Waals surface area contributed by atoms with Gasteiger partial charge in [-0.2, -0.15) is 0 Å². The molecule has 1 aromatic rings. The second kappa shape index (κ2) is 5.41. The summed E-state index contributed by atoms with van der Waals surface area (Å²) < 4.78 is 0. The average molecular weight is 246 g/mol. The third-order valence-electron chi connectivity index (χ3n) is 2.65. The summed E-state index contributed by atoms with van der Waals surface area (Å²) >= 11 is 1.83. The molecular weight excluding hydrogens is 228 g/mol. The van der Waals surface area contributed by atoms with Crippen LogP contribution in [0.25, 0.3) is 6.08 Å². The Balaban J connectivity index is 2.04. The van der Waals surface area contributed by atoms with E-state index in [2.05, 4.69) is 67.3 Å². The van der Waals surface area contributed by atoms with Crippen molar-refractivity contribution in [2.45, 2.75) is 13.0 Å². The number of benzene rings is 1. The van der Waals surface area contributed by atoms with Gasteiger partial charge in [-0.25, -0.2) is 0 Å². The molecule has 0 saturated heterocycles. The van der Waals surface area contributed by atoms with Crippen molar-refractivity contribution in [3.05, 3.63) is 35.9 Å². The van der Waals surface area contributed by atoms with Crippen LogP contribution in [0.15, 0.2) is 35.3 Å². The molecule has 1 aromatic carbocycles. The Hall–Kier alpha value is -1.22. The second-order valence-corrected chi connectivity index (χ2v) is 5.49. The fraction of sp³-hybridized carbons (Fsp3) is 0.357. The highest BCUT2D eigenvalue weighted by Crippen LogP contribution is 2.19. The Morgan fingerprint density at radius 3 is 2.47 bits per heavy atom. The van der Waals surface area contributed by atoms with Crippen LogP contribution in [0, 0.1) is 0 Å². The van der Waals surface area contributed by atoms with Crippen molar-refractivity contribution >= 4 is 28.6 Å². The largest absolute Gasteiger partial charge is 0.378 e. The molecule has 1 aliphatic heterocycles. The van der Waals surface area contributed by atoms with Crippen molar-refractivity contribution in [2.24, 2.45) is 4.99 Å². The molecular formula is C14H18N2S. The molecule has 0 aromatic heterocycles. The lowest BCUT2D eigenvalue weighted by Gasteiger charge is -2.11. The number of nitrogens with zero attached hydrogens (tertiary/aromatic N) is 2. The predicted octanol–water partition coefficient (Wildman–Crippen LogP) is 3.30. The van der Waals surface area contributed by atoms with Crippen molar-refractivity contribution in [3.63, 3.8) is 0 Å². The lowest BCUT2D eigenvalue weighted by molar-refractivity contribution is 0.866. The zero-order valence-electron chi connectivity index (χ0n) is 10.6. The van der Waals surface area contributed by atoms with Gasteiger partial charge in [0.05, 0.1) is 11.1 Å². The monoisotopic (exact) mass is 246 g/mol. The van der Waals surface area contributed by atoms with E-state index >= 15 is 0 Å². The molecule has 3 heteroatoms. The van der Waals surface area contributed by atoms with E-state index in [9.17, 15) is 0 Å². The molecule has 1 heterocycles. The zero-order valence-corrected chi connectivity index (χ0v) is 11.4. The van der Waals surface area contributed by atoms with E-state index in [1.165, 1.54) is 11.3 Å². The second-order valence-electron chi connectivity index (χ2n) is 4.45. The predicted molar refractivity (Wildman–Crippen MR) is 79.2 cm³/mol. The van der Waals surface area contributed by atoms with E-state index < -0.39 is 0 Å². The summed E-state index contributed by atoms with van der Waals surface area (Å²) in [5.74, 6) is 1.11. The first kappa shape index (κ1) is 12.2. The molecule has 0 saturated carbocycles. The Labute approximate surface area is 107 Å². The first-order chi connectivity index (χ1) is 8.15. The van der Waals surface area contributed by atoms with Crippen LogP contribution >= 0.6 is 11.8 Å². The van der Waals surface area contributed by atoms with E-state index in [-0.39, 0.29) is 0 Å². The minimum Gasteiger partial charge on any atom is -0.378 e. The van der Waals surface area contributed by atoms with Crippen molar-refractivity contribution < 1.29 is 0 Å². The van der Waals surface area contributed by atoms with Crippen LogP contribution < -0.4 is 4.90 Å². The lowest BCUT2D eigenvalue weighted by atomic mass is 10.2. The molecule has 0 bridgehead atoms. The maximum absolute atomic E-state index is 4.53. The Morgan fingerprint density at radius 2 is 1.94 bits per heavy atom. The minimum atomic E-state index is 0.468. The molecule has 0 N–H and O–H groups in total. The minimum absolute atomic E-state index is 0.468. The standard InChI is InChI=1S/C14H18N2S/c1-11-10-17-14(15-11)9-6-12-4-7-13(8-5-12)16(2)3/h4-9,11H,10H2,1-3H3/b9-6+/t11-/m0/s1. The van der Waals surface area contributed by atoms with Gasteiger partial charge in [0.1, 0.15) is 0 Å². The van der Waals surface area contributed by atoms with Gasteiger partial charge in [-0.1, -0.05) is 18.2 Å². The van der Waals surface area contributed by atoms with E-state index in [4.69, 9.17) is 0 Å². The summed E-state index contributed by atoms with van der Waals surface area (Å²) in [6, 6.07) is 9.00. The third-order valence-corrected chi connectivity index (χ3v) is 3.83. The molecule has 90 valence electrons. The smallest absolute Gasteiger partial charge is 0.0908 e. The number of rotatable bonds is 3. The number of aliphatic imine (C=N–C) groups is 1. The topological polar surface area (TPSA) is 15.6 Å². The van der Waals surface area contributed by atoms with Crippen LogP contribution in [0.2, 0.25) is 0 Å². The van der Waals surface area contributed by atoms with E-state index in [1.54, 1.807) is 0 Å². The number of anilines is 1. The van der Waals surface area contributed by atoms with Crippen LogP contribution in [0.4, 0.5) is 5.69 Å². The highest BCUT2D eigenvalue weighted by Gasteiger charge is 2.10. The lowest BCUT2D eigenvalue weighted by Crippen LogP contribution is -2.07. The molecule has 17 heavy (non-hydrogen) atoms. The highest BCUT2D eigenvalue weighted by atomic mass is 32.2. The molecule has 0 spiro atoms. The summed E-state index contributed by atoms with van der Waals surface area (Å²) in [7, 11) is 4.10. The average Bonchev–Trinajstić information content (AvgIpc) is 2.73. The van der Waals surface area contributed by atoms with E-state index in [0.717, 1.165) is 10.8 Å². The Bertz CT molecular complexity index is 432. The van der Waals surface area contributed by atoms with Crippen LogP contribution in [0.3, 0.4) is 0 Å². The molecule has 0 unspecified atom stereocenters. The van der Waals surface area contributed by atoms with Gasteiger partial charge in [-0.3, -0.25) is 4.99 Å². The van der Waals surface area contributed by atoms with Crippen molar-refractivity contribution in [3.8, 4) is 0 Å². The van der Waals surface area contributed by atoms with Crippen molar-refractivity contribution in [2.75, 3.05) is 24.7 Å². The van der Waals surface area contributed by atoms with Crippen LogP contribution in [-0.4, -0.2) is 30.9 Å². The van der Waals surface area contributed by atoms with Gasteiger partial charge < -0.3 is 4.90 Å². The molecule has 1 atom stereocenters. The van der Waals surface area contributed by atoms with Crippen LogP contribution in [0.1, 0.15) is 12.5 Å². The van der Waals surface area contributed by atoms with Gasteiger partial charge in [0, 0.05) is 25.5 Å². The van der Waals surface area contributed by atoms with Crippen molar-refractivity contribution in [1.29, 1.82) is 0 Å². The fourth-order valence-corrected chi connectivity index (χ4v) is 2.55. The van der Waals surface area contributed by atoms with Gasteiger partial charge in [0.2, 0.25) is 0 Å². The van der Waals surface area contributed by atoms with E-state index in [1.807, 2.05) is 11.8 Å². The molecule has 0 aliphatic carbocycles. The first-order valence-electron chi connectivity index (χ1n) is 5.81. The molecule has 0 fully saturated rings. The number of thioether (sulfide) groups is 1. The van der Waals surface area contributed by atoms with Gasteiger partial charge in [0.15, 0.2) is 0 Å². The number of hydrogen-bond donors (Lipinski definition) is 0. The van der Waals surface area contributed by atoms with Crippen LogP contribution in [-0.2, 0) is 0 Å². The summed E-state index contributed by atoms with van der Waals surface area (Å²) in [6.45, 7) is 2.15. The molecule has 2 rings (SSSR count). The fourth-order valence-electron chi connectivity index (χ4n) is 1.64. The Morgan fingerprint density at radius 1 is 1.24 bits per heavy atom. The summed E-state index contributed by atoms with van der Waals surface area (Å²) in [4.78, 5) is 6.64. The molecule has 0 radical (unpaired) electrons. The third kappa shape index (κ3) is 3.37. The SMILES string of the molecule is C[C@H]1CSC(/C=C/c2ccc(N(C)C)cc2)=N1. The van der Waals surface area contributed by atoms with Gasteiger partial charge in [-0.15, -0.1) is 11.8 Å². The van der Waals surface area contributed by atoms with Gasteiger partial charge in [-0.05, 0) is 30.7 Å². The van der Waals surface area contributed by atoms with Gasteiger partial charge >= 0.3 is 0 Å². The van der Waals surface area contributed by atoms with Gasteiger partial charge in [0.25, 0.3) is 0 Å². The first-order valence-corrected chi connectivity index (χ1v) is 6.80. The quantitative estimate of drug-likeness (QED) is 0.813. The maximum Gasteiger partial charge on any atom is 0.0908 e. The molecule has 0 amide bonds. The summed E-state index contributed by atoms with van der Waals surface area (Å²) in [5, 5.41) is 1.15. The van der Waals surface area contributed by atoms with Crippen molar-refractivity contribution in [1.82, 2.24) is 0 Å². The van der Waals surface area contributed by atoms with Crippen LogP contribution in [0.5, 0.6) is 0 Å². The molecule has 1 aliphatic rings.